The highest BCUT2D eigenvalue weighted by atomic mass is 16.3. The molecule has 1 aromatic heterocycles. The molecule has 5 heteroatoms. The van der Waals surface area contributed by atoms with E-state index in [-0.39, 0.29) is 17.7 Å². The first kappa shape index (κ1) is 16.8. The number of hydrogen-bond acceptors (Lipinski definition) is 3. The number of aromatic hydroxyl groups is 1. The molecular weight excluding hydrogens is 314 g/mol. The van der Waals surface area contributed by atoms with Crippen molar-refractivity contribution in [3.8, 4) is 16.9 Å². The zero-order valence-electron chi connectivity index (χ0n) is 14.1. The van der Waals surface area contributed by atoms with E-state index < -0.39 is 0 Å². The third-order valence-electron chi connectivity index (χ3n) is 4.16. The molecule has 1 atom stereocenters. The topological polar surface area (TPSA) is 78.0 Å². The maximum absolute atomic E-state index is 12.3. The van der Waals surface area contributed by atoms with Crippen molar-refractivity contribution < 1.29 is 9.90 Å². The zero-order chi connectivity index (χ0) is 17.6. The van der Waals surface area contributed by atoms with Gasteiger partial charge in [-0.15, -0.1) is 0 Å². The van der Waals surface area contributed by atoms with Crippen LogP contribution in [-0.2, 0) is 6.42 Å². The predicted molar refractivity (Wildman–Crippen MR) is 97.4 cm³/mol. The number of nitrogens with zero attached hydrogens (tertiary/aromatic N) is 1. The van der Waals surface area contributed by atoms with E-state index in [1.54, 1.807) is 18.3 Å². The number of aromatic amines is 1. The summed E-state index contributed by atoms with van der Waals surface area (Å²) in [7, 11) is 0. The second-order valence-corrected chi connectivity index (χ2v) is 6.14. The number of aromatic nitrogens is 2. The third-order valence-corrected chi connectivity index (χ3v) is 4.16. The number of nitrogens with one attached hydrogen (secondary N) is 2. The number of phenols is 1. The highest BCUT2D eigenvalue weighted by Gasteiger charge is 2.10. The van der Waals surface area contributed by atoms with Crippen LogP contribution in [0.4, 0.5) is 0 Å². The fourth-order valence-electron chi connectivity index (χ4n) is 2.65. The molecule has 0 fully saturated rings. The van der Waals surface area contributed by atoms with Crippen LogP contribution in [0.3, 0.4) is 0 Å². The van der Waals surface area contributed by atoms with Crippen LogP contribution in [0.25, 0.3) is 11.1 Å². The molecule has 1 amide bonds. The highest BCUT2D eigenvalue weighted by molar-refractivity contribution is 5.94. The van der Waals surface area contributed by atoms with Crippen molar-refractivity contribution in [2.45, 2.75) is 25.8 Å². The van der Waals surface area contributed by atoms with Gasteiger partial charge in [0.1, 0.15) is 5.75 Å². The molecule has 0 bridgehead atoms. The van der Waals surface area contributed by atoms with Crippen LogP contribution >= 0.6 is 0 Å². The minimum atomic E-state index is -0.0723. The Morgan fingerprint density at radius 1 is 1.12 bits per heavy atom. The molecule has 0 aliphatic rings. The van der Waals surface area contributed by atoms with Gasteiger partial charge in [-0.2, -0.15) is 5.10 Å². The Morgan fingerprint density at radius 2 is 1.84 bits per heavy atom. The lowest BCUT2D eigenvalue weighted by Crippen LogP contribution is -2.32. The van der Waals surface area contributed by atoms with E-state index in [4.69, 9.17) is 0 Å². The van der Waals surface area contributed by atoms with Crippen molar-refractivity contribution in [3.63, 3.8) is 0 Å². The van der Waals surface area contributed by atoms with Gasteiger partial charge in [0.15, 0.2) is 0 Å². The number of carbonyl (C=O) groups is 1. The molecule has 0 spiro atoms. The maximum atomic E-state index is 12.3. The van der Waals surface area contributed by atoms with Gasteiger partial charge < -0.3 is 10.4 Å². The molecule has 0 saturated heterocycles. The molecule has 3 N–H and O–H groups in total. The minimum Gasteiger partial charge on any atom is -0.508 e. The first-order chi connectivity index (χ1) is 12.1. The Morgan fingerprint density at radius 3 is 2.48 bits per heavy atom. The van der Waals surface area contributed by atoms with E-state index in [0.29, 0.717) is 5.56 Å². The van der Waals surface area contributed by atoms with Crippen molar-refractivity contribution in [3.05, 3.63) is 72.1 Å². The van der Waals surface area contributed by atoms with Gasteiger partial charge in [-0.3, -0.25) is 9.89 Å². The summed E-state index contributed by atoms with van der Waals surface area (Å²) < 4.78 is 0. The summed E-state index contributed by atoms with van der Waals surface area (Å²) in [5.74, 6) is 0.195. The lowest BCUT2D eigenvalue weighted by molar-refractivity contribution is 0.0938. The normalized spacial score (nSPS) is 11.9. The van der Waals surface area contributed by atoms with Crippen molar-refractivity contribution in [1.29, 1.82) is 0 Å². The van der Waals surface area contributed by atoms with E-state index in [2.05, 4.69) is 15.5 Å². The SMILES string of the molecule is CC(CCc1ccc(O)cc1)NC(=O)c1ccc(-c2cn[nH]c2)cc1. The largest absolute Gasteiger partial charge is 0.508 e. The minimum absolute atomic E-state index is 0.0647. The Bertz CT molecular complexity index is 809. The molecule has 25 heavy (non-hydrogen) atoms. The lowest BCUT2D eigenvalue weighted by Gasteiger charge is -2.14. The summed E-state index contributed by atoms with van der Waals surface area (Å²) in [6.07, 6.45) is 5.26. The Kier molecular flexibility index (Phi) is 5.14. The van der Waals surface area contributed by atoms with Gasteiger partial charge in [0, 0.05) is 23.4 Å². The van der Waals surface area contributed by atoms with Gasteiger partial charge in [0.05, 0.1) is 6.20 Å². The summed E-state index contributed by atoms with van der Waals surface area (Å²) in [6.45, 7) is 2.00. The highest BCUT2D eigenvalue weighted by Crippen LogP contribution is 2.18. The molecule has 1 unspecified atom stereocenters. The average molecular weight is 335 g/mol. The smallest absolute Gasteiger partial charge is 0.251 e. The molecule has 128 valence electrons. The second kappa shape index (κ2) is 7.66. The molecule has 0 saturated carbocycles. The van der Waals surface area contributed by atoms with Crippen molar-refractivity contribution in [2.75, 3.05) is 0 Å². The Hall–Kier alpha value is -3.08. The van der Waals surface area contributed by atoms with E-state index in [9.17, 15) is 9.90 Å². The number of carbonyl (C=O) groups excluding carboxylic acids is 1. The molecule has 0 aliphatic carbocycles. The van der Waals surface area contributed by atoms with Gasteiger partial charge in [0.2, 0.25) is 0 Å². The monoisotopic (exact) mass is 335 g/mol. The third kappa shape index (κ3) is 4.47. The predicted octanol–water partition coefficient (Wildman–Crippen LogP) is 3.53. The lowest BCUT2D eigenvalue weighted by atomic mass is 10.0. The number of hydrogen-bond donors (Lipinski definition) is 3. The van der Waals surface area contributed by atoms with E-state index in [1.807, 2.05) is 49.5 Å². The maximum Gasteiger partial charge on any atom is 0.251 e. The van der Waals surface area contributed by atoms with Crippen LogP contribution in [0.5, 0.6) is 5.75 Å². The van der Waals surface area contributed by atoms with Gasteiger partial charge >= 0.3 is 0 Å². The van der Waals surface area contributed by atoms with Gasteiger partial charge in [0.25, 0.3) is 5.91 Å². The van der Waals surface area contributed by atoms with Crippen LogP contribution in [-0.4, -0.2) is 27.3 Å². The number of benzene rings is 2. The number of rotatable bonds is 6. The summed E-state index contributed by atoms with van der Waals surface area (Å²) in [4.78, 5) is 12.3. The van der Waals surface area contributed by atoms with Crippen molar-refractivity contribution >= 4 is 5.91 Å². The van der Waals surface area contributed by atoms with E-state index in [0.717, 1.165) is 29.5 Å². The average Bonchev–Trinajstić information content (AvgIpc) is 3.16. The molecular formula is C20H21N3O2. The molecule has 3 rings (SSSR count). The second-order valence-electron chi connectivity index (χ2n) is 6.14. The fraction of sp³-hybridized carbons (Fsp3) is 0.200. The molecule has 3 aromatic rings. The summed E-state index contributed by atoms with van der Waals surface area (Å²) in [5, 5.41) is 19.0. The number of amides is 1. The van der Waals surface area contributed by atoms with Crippen LogP contribution < -0.4 is 5.32 Å². The standard InChI is InChI=1S/C20H21N3O2/c1-14(2-3-15-4-10-19(24)11-5-15)23-20(25)17-8-6-16(7-9-17)18-12-21-22-13-18/h4-14,24H,2-3H2,1H3,(H,21,22)(H,23,25). The number of aryl methyl sites for hydroxylation is 1. The molecule has 2 aromatic carbocycles. The van der Waals surface area contributed by atoms with Gasteiger partial charge in [-0.1, -0.05) is 24.3 Å². The zero-order valence-corrected chi connectivity index (χ0v) is 14.1. The quantitative estimate of drug-likeness (QED) is 0.645. The van der Waals surface area contributed by atoms with Crippen LogP contribution in [0.1, 0.15) is 29.3 Å². The molecule has 1 heterocycles. The summed E-state index contributed by atoms with van der Waals surface area (Å²) in [5.41, 5.74) is 3.80. The molecule has 0 aliphatic heterocycles. The van der Waals surface area contributed by atoms with Gasteiger partial charge in [-0.05, 0) is 55.2 Å². The van der Waals surface area contributed by atoms with Crippen LogP contribution in [0, 0.1) is 0 Å². The first-order valence-corrected chi connectivity index (χ1v) is 8.30. The molecule has 5 nitrogen and oxygen atoms in total. The Labute approximate surface area is 146 Å². The molecule has 0 radical (unpaired) electrons. The summed E-state index contributed by atoms with van der Waals surface area (Å²) in [6, 6.07) is 14.7. The Balaban J connectivity index is 1.53. The van der Waals surface area contributed by atoms with Gasteiger partial charge in [-0.25, -0.2) is 0 Å². The summed E-state index contributed by atoms with van der Waals surface area (Å²) >= 11 is 0. The van der Waals surface area contributed by atoms with Crippen molar-refractivity contribution in [2.24, 2.45) is 0 Å². The number of H-pyrrole nitrogens is 1. The van der Waals surface area contributed by atoms with Crippen LogP contribution in [0.2, 0.25) is 0 Å². The number of phenolic OH excluding ortho intramolecular Hbond substituents is 1. The van der Waals surface area contributed by atoms with Crippen LogP contribution in [0.15, 0.2) is 60.9 Å². The van der Waals surface area contributed by atoms with Crippen molar-refractivity contribution in [1.82, 2.24) is 15.5 Å². The van der Waals surface area contributed by atoms with E-state index in [1.165, 1.54) is 0 Å². The fourth-order valence-corrected chi connectivity index (χ4v) is 2.65. The van der Waals surface area contributed by atoms with E-state index >= 15 is 0 Å². The first-order valence-electron chi connectivity index (χ1n) is 8.30.